The van der Waals surface area contributed by atoms with Gasteiger partial charge in [-0.15, -0.1) is 0 Å². The van der Waals surface area contributed by atoms with Crippen LogP contribution in [-0.2, 0) is 0 Å². The topological polar surface area (TPSA) is 28.2 Å². The van der Waals surface area contributed by atoms with Crippen molar-refractivity contribution in [1.29, 1.82) is 0 Å². The van der Waals surface area contributed by atoms with Gasteiger partial charge in [0.1, 0.15) is 0 Å². The summed E-state index contributed by atoms with van der Waals surface area (Å²) < 4.78 is 0. The first-order valence-corrected chi connectivity index (χ1v) is 7.02. The molecule has 0 atom stereocenters. The molecule has 1 aromatic heterocycles. The molecule has 0 unspecified atom stereocenters. The molecular weight excluding hydrogens is 222 g/mol. The Morgan fingerprint density at radius 3 is 2.67 bits per heavy atom. The van der Waals surface area contributed by atoms with Gasteiger partial charge in [0.25, 0.3) is 0 Å². The van der Waals surface area contributed by atoms with Crippen LogP contribution in [0.15, 0.2) is 18.5 Å². The maximum atomic E-state index is 4.21. The molecule has 1 N–H and O–H groups in total. The summed E-state index contributed by atoms with van der Waals surface area (Å²) in [5.41, 5.74) is 2.37. The first-order valence-electron chi connectivity index (χ1n) is 7.02. The van der Waals surface area contributed by atoms with Crippen molar-refractivity contribution in [3.05, 3.63) is 18.5 Å². The van der Waals surface area contributed by atoms with Crippen LogP contribution in [-0.4, -0.2) is 25.6 Å². The molecule has 0 amide bonds. The van der Waals surface area contributed by atoms with Crippen LogP contribution >= 0.6 is 0 Å². The molecule has 0 radical (unpaired) electrons. The van der Waals surface area contributed by atoms with Crippen molar-refractivity contribution in [3.8, 4) is 0 Å². The van der Waals surface area contributed by atoms with Crippen LogP contribution in [0.5, 0.6) is 0 Å². The van der Waals surface area contributed by atoms with E-state index >= 15 is 0 Å². The van der Waals surface area contributed by atoms with Gasteiger partial charge in [0.05, 0.1) is 17.6 Å². The molecule has 18 heavy (non-hydrogen) atoms. The van der Waals surface area contributed by atoms with Gasteiger partial charge >= 0.3 is 0 Å². The molecule has 3 nitrogen and oxygen atoms in total. The van der Waals surface area contributed by atoms with Gasteiger partial charge in [-0.1, -0.05) is 19.8 Å². The van der Waals surface area contributed by atoms with Crippen molar-refractivity contribution in [2.45, 2.75) is 32.6 Å². The highest BCUT2D eigenvalue weighted by molar-refractivity contribution is 5.68. The summed E-state index contributed by atoms with van der Waals surface area (Å²) in [6.45, 7) is 3.45. The fraction of sp³-hybridized carbons (Fsp3) is 0.667. The molecule has 0 aromatic carbocycles. The Balaban J connectivity index is 1.90. The SMILES string of the molecule is CC1CCC(CNc2cnccc2N(C)C)CC1. The minimum absolute atomic E-state index is 0.830. The summed E-state index contributed by atoms with van der Waals surface area (Å²) in [5, 5.41) is 3.57. The molecule has 1 aliphatic rings. The van der Waals surface area contributed by atoms with Crippen molar-refractivity contribution in [2.75, 3.05) is 30.9 Å². The Hall–Kier alpha value is -1.25. The van der Waals surface area contributed by atoms with E-state index in [9.17, 15) is 0 Å². The highest BCUT2D eigenvalue weighted by atomic mass is 15.1. The molecule has 0 spiro atoms. The molecule has 1 aliphatic carbocycles. The van der Waals surface area contributed by atoms with Crippen molar-refractivity contribution < 1.29 is 0 Å². The predicted molar refractivity (Wildman–Crippen MR) is 78.2 cm³/mol. The summed E-state index contributed by atoms with van der Waals surface area (Å²) in [4.78, 5) is 6.35. The van der Waals surface area contributed by atoms with Gasteiger partial charge in [-0.2, -0.15) is 0 Å². The van der Waals surface area contributed by atoms with E-state index in [-0.39, 0.29) is 0 Å². The Morgan fingerprint density at radius 1 is 1.28 bits per heavy atom. The second kappa shape index (κ2) is 6.07. The molecule has 100 valence electrons. The van der Waals surface area contributed by atoms with Crippen LogP contribution in [0.3, 0.4) is 0 Å². The van der Waals surface area contributed by atoms with Gasteiger partial charge in [-0.05, 0) is 30.7 Å². The minimum Gasteiger partial charge on any atom is -0.382 e. The van der Waals surface area contributed by atoms with E-state index < -0.39 is 0 Å². The lowest BCUT2D eigenvalue weighted by molar-refractivity contribution is 0.300. The highest BCUT2D eigenvalue weighted by Gasteiger charge is 2.18. The van der Waals surface area contributed by atoms with Crippen molar-refractivity contribution in [3.63, 3.8) is 0 Å². The minimum atomic E-state index is 0.830. The number of nitrogens with zero attached hydrogens (tertiary/aromatic N) is 2. The van der Waals surface area contributed by atoms with E-state index in [4.69, 9.17) is 0 Å². The first-order chi connectivity index (χ1) is 8.66. The zero-order chi connectivity index (χ0) is 13.0. The average molecular weight is 247 g/mol. The second-order valence-electron chi connectivity index (χ2n) is 5.79. The van der Waals surface area contributed by atoms with Gasteiger partial charge in [0.2, 0.25) is 0 Å². The van der Waals surface area contributed by atoms with Gasteiger partial charge in [0, 0.05) is 26.8 Å². The third-order valence-electron chi connectivity index (χ3n) is 4.00. The molecular formula is C15H25N3. The van der Waals surface area contributed by atoms with E-state index in [0.29, 0.717) is 0 Å². The third-order valence-corrected chi connectivity index (χ3v) is 4.00. The summed E-state index contributed by atoms with van der Waals surface area (Å²) in [5.74, 6) is 1.76. The van der Waals surface area contributed by atoms with Crippen LogP contribution in [0.4, 0.5) is 11.4 Å². The molecule has 2 rings (SSSR count). The Bertz CT molecular complexity index is 368. The van der Waals surface area contributed by atoms with Crippen LogP contribution in [0.2, 0.25) is 0 Å². The molecule has 0 saturated heterocycles. The molecule has 3 heteroatoms. The molecule has 0 bridgehead atoms. The van der Waals surface area contributed by atoms with Crippen LogP contribution in [0, 0.1) is 11.8 Å². The molecule has 1 heterocycles. The van der Waals surface area contributed by atoms with Crippen molar-refractivity contribution in [2.24, 2.45) is 11.8 Å². The summed E-state index contributed by atoms with van der Waals surface area (Å²) >= 11 is 0. The zero-order valence-electron chi connectivity index (χ0n) is 11.8. The van der Waals surface area contributed by atoms with E-state index in [1.54, 1.807) is 0 Å². The standard InChI is InChI=1S/C15H25N3/c1-12-4-6-13(7-5-12)10-17-14-11-16-9-8-15(14)18(2)3/h8-9,11-13,17H,4-7,10H2,1-3H3. The van der Waals surface area contributed by atoms with Gasteiger partial charge in [0.15, 0.2) is 0 Å². The van der Waals surface area contributed by atoms with E-state index in [2.05, 4.69) is 42.3 Å². The number of hydrogen-bond donors (Lipinski definition) is 1. The van der Waals surface area contributed by atoms with Gasteiger partial charge in [-0.3, -0.25) is 4.98 Å². The Labute approximate surface area is 111 Å². The quantitative estimate of drug-likeness (QED) is 0.884. The lowest BCUT2D eigenvalue weighted by atomic mass is 9.83. The number of rotatable bonds is 4. The summed E-state index contributed by atoms with van der Waals surface area (Å²) in [6.07, 6.45) is 9.29. The first kappa shape index (κ1) is 13.2. The zero-order valence-corrected chi connectivity index (χ0v) is 11.8. The number of aromatic nitrogens is 1. The van der Waals surface area contributed by atoms with Crippen LogP contribution in [0.25, 0.3) is 0 Å². The number of pyridine rings is 1. The Morgan fingerprint density at radius 2 is 2.00 bits per heavy atom. The van der Waals surface area contributed by atoms with Crippen LogP contribution in [0.1, 0.15) is 32.6 Å². The maximum absolute atomic E-state index is 4.21. The largest absolute Gasteiger partial charge is 0.382 e. The highest BCUT2D eigenvalue weighted by Crippen LogP contribution is 2.29. The number of nitrogens with one attached hydrogen (secondary N) is 1. The van der Waals surface area contributed by atoms with Crippen molar-refractivity contribution >= 4 is 11.4 Å². The lowest BCUT2D eigenvalue weighted by Crippen LogP contribution is -2.21. The predicted octanol–water partition coefficient (Wildman–Crippen LogP) is 3.39. The van der Waals surface area contributed by atoms with E-state index in [1.165, 1.54) is 31.4 Å². The fourth-order valence-electron chi connectivity index (χ4n) is 2.70. The fourth-order valence-corrected chi connectivity index (χ4v) is 2.70. The number of anilines is 2. The maximum Gasteiger partial charge on any atom is 0.0764 e. The monoisotopic (exact) mass is 247 g/mol. The van der Waals surface area contributed by atoms with E-state index in [1.807, 2.05) is 12.4 Å². The van der Waals surface area contributed by atoms with Gasteiger partial charge < -0.3 is 10.2 Å². The Kier molecular flexibility index (Phi) is 4.45. The molecule has 0 aliphatic heterocycles. The second-order valence-corrected chi connectivity index (χ2v) is 5.79. The smallest absolute Gasteiger partial charge is 0.0764 e. The van der Waals surface area contributed by atoms with Gasteiger partial charge in [-0.25, -0.2) is 0 Å². The average Bonchev–Trinajstić information content (AvgIpc) is 2.38. The lowest BCUT2D eigenvalue weighted by Gasteiger charge is -2.27. The van der Waals surface area contributed by atoms with Crippen molar-refractivity contribution in [1.82, 2.24) is 4.98 Å². The molecule has 1 saturated carbocycles. The third kappa shape index (κ3) is 3.37. The van der Waals surface area contributed by atoms with E-state index in [0.717, 1.165) is 24.1 Å². The summed E-state index contributed by atoms with van der Waals surface area (Å²) in [7, 11) is 4.14. The normalized spacial score (nSPS) is 23.7. The molecule has 1 fully saturated rings. The van der Waals surface area contributed by atoms with Crippen LogP contribution < -0.4 is 10.2 Å². The molecule has 1 aromatic rings. The number of hydrogen-bond acceptors (Lipinski definition) is 3. The summed E-state index contributed by atoms with van der Waals surface area (Å²) in [6, 6.07) is 2.06.